The highest BCUT2D eigenvalue weighted by atomic mass is 16.5. The normalized spacial score (nSPS) is 19.9. The van der Waals surface area contributed by atoms with Gasteiger partial charge < -0.3 is 14.7 Å². The van der Waals surface area contributed by atoms with Crippen LogP contribution in [0, 0.1) is 0 Å². The highest BCUT2D eigenvalue weighted by Crippen LogP contribution is 2.36. The molecule has 148 valence electrons. The molecule has 0 bridgehead atoms. The lowest BCUT2D eigenvalue weighted by Crippen LogP contribution is -2.42. The maximum atomic E-state index is 13.2. The van der Waals surface area contributed by atoms with E-state index in [2.05, 4.69) is 11.2 Å². The number of carboxylic acid groups (broad SMARTS) is 1. The number of piperidine rings is 1. The van der Waals surface area contributed by atoms with Gasteiger partial charge in [0.25, 0.3) is 0 Å². The van der Waals surface area contributed by atoms with Gasteiger partial charge in [0.1, 0.15) is 5.75 Å². The van der Waals surface area contributed by atoms with Gasteiger partial charge in [-0.3, -0.25) is 9.48 Å². The van der Waals surface area contributed by atoms with Crippen LogP contribution in [0.15, 0.2) is 30.6 Å². The number of aromatic carboxylic acids is 1. The number of amides is 1. The number of benzene rings is 1. The van der Waals surface area contributed by atoms with Gasteiger partial charge >= 0.3 is 5.97 Å². The molecule has 2 aliphatic rings. The van der Waals surface area contributed by atoms with Crippen LogP contribution in [0.1, 0.15) is 59.1 Å². The average Bonchev–Trinajstić information content (AvgIpc) is 3.23. The molecule has 4 rings (SSSR count). The summed E-state index contributed by atoms with van der Waals surface area (Å²) in [4.78, 5) is 26.2. The van der Waals surface area contributed by atoms with Gasteiger partial charge in [0, 0.05) is 19.3 Å². The van der Waals surface area contributed by atoms with Crippen molar-refractivity contribution < 1.29 is 19.4 Å². The van der Waals surface area contributed by atoms with E-state index in [9.17, 15) is 9.59 Å². The van der Waals surface area contributed by atoms with E-state index in [1.807, 2.05) is 17.0 Å². The number of hydrogen-bond acceptors (Lipinski definition) is 4. The molecule has 0 saturated carbocycles. The van der Waals surface area contributed by atoms with Gasteiger partial charge in [-0.05, 0) is 55.4 Å². The maximum absolute atomic E-state index is 13.2. The van der Waals surface area contributed by atoms with E-state index in [1.165, 1.54) is 11.8 Å². The number of likely N-dealkylation sites (tertiary alicyclic amines) is 1. The van der Waals surface area contributed by atoms with Gasteiger partial charge in [0.05, 0.1) is 30.8 Å². The highest BCUT2D eigenvalue weighted by Gasteiger charge is 2.33. The van der Waals surface area contributed by atoms with Crippen LogP contribution >= 0.6 is 0 Å². The first-order chi connectivity index (χ1) is 13.6. The highest BCUT2D eigenvalue weighted by molar-refractivity contribution is 5.87. The number of methoxy groups -OCH3 is 1. The largest absolute Gasteiger partial charge is 0.497 e. The zero-order valence-corrected chi connectivity index (χ0v) is 16.0. The molecule has 1 aromatic carbocycles. The number of carboxylic acids is 1. The predicted molar refractivity (Wildman–Crippen MR) is 103 cm³/mol. The van der Waals surface area contributed by atoms with Crippen molar-refractivity contribution in [3.05, 3.63) is 47.3 Å². The smallest absolute Gasteiger partial charge is 0.338 e. The van der Waals surface area contributed by atoms with Crippen LogP contribution in [0.5, 0.6) is 5.75 Å². The van der Waals surface area contributed by atoms with Gasteiger partial charge in [-0.15, -0.1) is 0 Å². The van der Waals surface area contributed by atoms with E-state index in [0.717, 1.165) is 43.4 Å². The van der Waals surface area contributed by atoms with Crippen LogP contribution in [0.4, 0.5) is 0 Å². The second-order valence-corrected chi connectivity index (χ2v) is 7.58. The predicted octanol–water partition coefficient (Wildman–Crippen LogP) is 2.87. The van der Waals surface area contributed by atoms with Gasteiger partial charge in [-0.1, -0.05) is 6.07 Å². The molecule has 0 radical (unpaired) electrons. The molecule has 1 fully saturated rings. The lowest BCUT2D eigenvalue weighted by atomic mass is 9.81. The Morgan fingerprint density at radius 2 is 2.00 bits per heavy atom. The minimum absolute atomic E-state index is 0.0984. The number of aryl methyl sites for hydroxylation is 1. The van der Waals surface area contributed by atoms with Crippen LogP contribution in [-0.2, 0) is 11.2 Å². The molecule has 2 aromatic rings. The summed E-state index contributed by atoms with van der Waals surface area (Å²) in [6.07, 6.45) is 7.43. The SMILES string of the molecule is COc1ccc2c(c1)C(C(=O)N1CCC(n3cc(C(=O)O)cn3)CC1)CCC2. The average molecular weight is 383 g/mol. The molecule has 1 aromatic heterocycles. The molecular formula is C21H25N3O4. The molecule has 1 N–H and O–H groups in total. The summed E-state index contributed by atoms with van der Waals surface area (Å²) in [5.74, 6) is -0.0756. The second-order valence-electron chi connectivity index (χ2n) is 7.58. The number of ether oxygens (including phenoxy) is 1. The lowest BCUT2D eigenvalue weighted by molar-refractivity contribution is -0.134. The summed E-state index contributed by atoms with van der Waals surface area (Å²) in [5, 5.41) is 13.2. The number of aromatic nitrogens is 2. The third-order valence-corrected chi connectivity index (χ3v) is 5.96. The summed E-state index contributed by atoms with van der Waals surface area (Å²) in [5.41, 5.74) is 2.56. The Morgan fingerprint density at radius 1 is 1.21 bits per heavy atom. The van der Waals surface area contributed by atoms with Crippen molar-refractivity contribution in [2.24, 2.45) is 0 Å². The van der Waals surface area contributed by atoms with Crippen molar-refractivity contribution in [2.45, 2.75) is 44.1 Å². The fraction of sp³-hybridized carbons (Fsp3) is 0.476. The number of carbonyl (C=O) groups is 2. The van der Waals surface area contributed by atoms with Crippen molar-refractivity contribution in [3.8, 4) is 5.75 Å². The van der Waals surface area contributed by atoms with Gasteiger partial charge in [-0.25, -0.2) is 4.79 Å². The maximum Gasteiger partial charge on any atom is 0.338 e. The Bertz CT molecular complexity index is 884. The number of carbonyl (C=O) groups excluding carboxylic acids is 1. The number of fused-ring (bicyclic) bond motifs is 1. The van der Waals surface area contributed by atoms with Crippen LogP contribution in [0.2, 0.25) is 0 Å². The Kier molecular flexibility index (Phi) is 5.07. The van der Waals surface area contributed by atoms with Gasteiger partial charge in [0.15, 0.2) is 0 Å². The molecule has 28 heavy (non-hydrogen) atoms. The second kappa shape index (κ2) is 7.66. The molecule has 1 amide bonds. The van der Waals surface area contributed by atoms with E-state index in [0.29, 0.717) is 13.1 Å². The molecule has 7 heteroatoms. The zero-order chi connectivity index (χ0) is 19.7. The third kappa shape index (κ3) is 3.48. The summed E-state index contributed by atoms with van der Waals surface area (Å²) in [7, 11) is 1.65. The van der Waals surface area contributed by atoms with Crippen LogP contribution in [0.25, 0.3) is 0 Å². The molecule has 2 heterocycles. The molecule has 0 spiro atoms. The Balaban J connectivity index is 1.44. The quantitative estimate of drug-likeness (QED) is 0.878. The first-order valence-electron chi connectivity index (χ1n) is 9.80. The molecule has 1 aliphatic heterocycles. The molecule has 7 nitrogen and oxygen atoms in total. The topological polar surface area (TPSA) is 84.7 Å². The molecule has 1 unspecified atom stereocenters. The Hall–Kier alpha value is -2.83. The van der Waals surface area contributed by atoms with Crippen molar-refractivity contribution in [2.75, 3.05) is 20.2 Å². The van der Waals surface area contributed by atoms with Crippen molar-refractivity contribution in [1.29, 1.82) is 0 Å². The Morgan fingerprint density at radius 3 is 2.68 bits per heavy atom. The number of hydrogen-bond donors (Lipinski definition) is 1. The minimum atomic E-state index is -0.967. The summed E-state index contributed by atoms with van der Waals surface area (Å²) < 4.78 is 7.09. The van der Waals surface area contributed by atoms with Crippen LogP contribution in [-0.4, -0.2) is 51.9 Å². The van der Waals surface area contributed by atoms with Crippen molar-refractivity contribution in [1.82, 2.24) is 14.7 Å². The minimum Gasteiger partial charge on any atom is -0.497 e. The molecular weight excluding hydrogens is 358 g/mol. The monoisotopic (exact) mass is 383 g/mol. The third-order valence-electron chi connectivity index (χ3n) is 5.96. The van der Waals surface area contributed by atoms with Crippen LogP contribution < -0.4 is 4.74 Å². The van der Waals surface area contributed by atoms with E-state index < -0.39 is 5.97 Å². The van der Waals surface area contributed by atoms with Crippen molar-refractivity contribution >= 4 is 11.9 Å². The van der Waals surface area contributed by atoms with Gasteiger partial charge in [0.2, 0.25) is 5.91 Å². The number of rotatable bonds is 4. The van der Waals surface area contributed by atoms with Crippen molar-refractivity contribution in [3.63, 3.8) is 0 Å². The fourth-order valence-corrected chi connectivity index (χ4v) is 4.38. The fourth-order valence-electron chi connectivity index (χ4n) is 4.38. The first-order valence-corrected chi connectivity index (χ1v) is 9.80. The number of nitrogens with zero attached hydrogens (tertiary/aromatic N) is 3. The van der Waals surface area contributed by atoms with Crippen LogP contribution in [0.3, 0.4) is 0 Å². The summed E-state index contributed by atoms with van der Waals surface area (Å²) in [6, 6.07) is 6.20. The molecule has 1 saturated heterocycles. The Labute approximate surface area is 163 Å². The van der Waals surface area contributed by atoms with E-state index in [4.69, 9.17) is 9.84 Å². The molecule has 1 aliphatic carbocycles. The first kappa shape index (κ1) is 18.5. The van der Waals surface area contributed by atoms with Gasteiger partial charge in [-0.2, -0.15) is 5.10 Å². The molecule has 1 atom stereocenters. The summed E-state index contributed by atoms with van der Waals surface area (Å²) in [6.45, 7) is 1.34. The van der Waals surface area contributed by atoms with E-state index in [1.54, 1.807) is 18.0 Å². The van der Waals surface area contributed by atoms with E-state index >= 15 is 0 Å². The lowest BCUT2D eigenvalue weighted by Gasteiger charge is -2.36. The zero-order valence-electron chi connectivity index (χ0n) is 16.0. The van der Waals surface area contributed by atoms with E-state index in [-0.39, 0.29) is 23.4 Å². The summed E-state index contributed by atoms with van der Waals surface area (Å²) >= 11 is 0. The standard InChI is InChI=1S/C21H25N3O4/c1-28-17-6-5-14-3-2-4-18(19(14)11-17)20(25)23-9-7-16(8-10-23)24-13-15(12-22-24)21(26)27/h5-6,11-13,16,18H,2-4,7-10H2,1H3,(H,26,27).